The van der Waals surface area contributed by atoms with Crippen LogP contribution >= 0.6 is 0 Å². The van der Waals surface area contributed by atoms with E-state index in [0.29, 0.717) is 25.9 Å². The topological polar surface area (TPSA) is 52.9 Å². The lowest BCUT2D eigenvalue weighted by molar-refractivity contribution is -0.133. The largest absolute Gasteiger partial charge is 0.411 e. The van der Waals surface area contributed by atoms with E-state index in [4.69, 9.17) is 5.21 Å². The van der Waals surface area contributed by atoms with Crippen LogP contribution in [0.3, 0.4) is 0 Å². The van der Waals surface area contributed by atoms with Crippen molar-refractivity contribution in [3.63, 3.8) is 0 Å². The molecule has 1 N–H and O–H groups in total. The molecule has 4 nitrogen and oxygen atoms in total. The molecule has 1 aliphatic heterocycles. The summed E-state index contributed by atoms with van der Waals surface area (Å²) in [5.74, 6) is 0.265. The molecule has 0 radical (unpaired) electrons. The summed E-state index contributed by atoms with van der Waals surface area (Å²) >= 11 is 0. The third kappa shape index (κ3) is 2.42. The molecule has 1 saturated heterocycles. The van der Waals surface area contributed by atoms with Gasteiger partial charge in [-0.25, -0.2) is 0 Å². The number of carbonyl (C=O) groups excluding carboxylic acids is 1. The number of rotatable bonds is 1. The molecule has 1 aliphatic carbocycles. The van der Waals surface area contributed by atoms with Crippen molar-refractivity contribution >= 4 is 11.6 Å². The molecular weight excluding hydrogens is 252 g/mol. The average molecular weight is 272 g/mol. The number of amides is 1. The molecule has 0 aromatic heterocycles. The molecule has 4 heteroatoms. The Morgan fingerprint density at radius 1 is 1.20 bits per heavy atom. The Kier molecular flexibility index (Phi) is 3.72. The lowest BCUT2D eigenvalue weighted by Gasteiger charge is -2.33. The summed E-state index contributed by atoms with van der Waals surface area (Å²) in [4.78, 5) is 14.7. The monoisotopic (exact) mass is 272 g/mol. The maximum Gasteiger partial charge on any atom is 0.230 e. The third-order valence-electron chi connectivity index (χ3n) is 4.46. The lowest BCUT2D eigenvalue weighted by atomic mass is 9.82. The summed E-state index contributed by atoms with van der Waals surface area (Å²) in [6.07, 6.45) is 4.51. The van der Waals surface area contributed by atoms with Crippen LogP contribution < -0.4 is 0 Å². The molecule has 3 rings (SSSR count). The van der Waals surface area contributed by atoms with E-state index in [1.807, 2.05) is 11.0 Å². The highest BCUT2D eigenvalue weighted by Gasteiger charge is 2.31. The minimum Gasteiger partial charge on any atom is -0.411 e. The quantitative estimate of drug-likeness (QED) is 0.631. The first-order valence-corrected chi connectivity index (χ1v) is 7.36. The fraction of sp³-hybridized carbons (Fsp3) is 0.500. The number of hydrogen-bond donors (Lipinski definition) is 1. The van der Waals surface area contributed by atoms with Gasteiger partial charge in [0.25, 0.3) is 0 Å². The maximum absolute atomic E-state index is 12.7. The van der Waals surface area contributed by atoms with E-state index in [-0.39, 0.29) is 11.8 Å². The van der Waals surface area contributed by atoms with Gasteiger partial charge in [0.15, 0.2) is 0 Å². The van der Waals surface area contributed by atoms with E-state index in [0.717, 1.165) is 25.0 Å². The standard InChI is InChI=1S/C16H20N2O2/c19-16(18-10-8-13(17-20)9-11-18)15-7-3-5-12-4-1-2-6-14(12)15/h1-2,4,6,15,20H,3,5,7-11H2. The van der Waals surface area contributed by atoms with Crippen molar-refractivity contribution in [3.8, 4) is 0 Å². The van der Waals surface area contributed by atoms with Crippen LogP contribution in [-0.2, 0) is 11.2 Å². The van der Waals surface area contributed by atoms with Gasteiger partial charge in [0.05, 0.1) is 11.6 Å². The van der Waals surface area contributed by atoms with Crippen molar-refractivity contribution in [2.24, 2.45) is 5.16 Å². The van der Waals surface area contributed by atoms with Gasteiger partial charge in [-0.15, -0.1) is 0 Å². The molecule has 106 valence electrons. The first-order chi connectivity index (χ1) is 9.79. The van der Waals surface area contributed by atoms with Crippen LogP contribution in [0.25, 0.3) is 0 Å². The Morgan fingerprint density at radius 3 is 2.70 bits per heavy atom. The van der Waals surface area contributed by atoms with Gasteiger partial charge in [-0.1, -0.05) is 29.4 Å². The molecule has 1 amide bonds. The van der Waals surface area contributed by atoms with Gasteiger partial charge >= 0.3 is 0 Å². The highest BCUT2D eigenvalue weighted by Crippen LogP contribution is 2.33. The van der Waals surface area contributed by atoms with Gasteiger partial charge in [-0.3, -0.25) is 4.79 Å². The van der Waals surface area contributed by atoms with Gasteiger partial charge in [-0.05, 0) is 30.4 Å². The zero-order valence-corrected chi connectivity index (χ0v) is 11.6. The zero-order valence-electron chi connectivity index (χ0n) is 11.6. The Hall–Kier alpha value is -1.84. The van der Waals surface area contributed by atoms with Crippen LogP contribution in [0.1, 0.15) is 42.7 Å². The summed E-state index contributed by atoms with van der Waals surface area (Å²) < 4.78 is 0. The molecule has 1 aromatic carbocycles. The number of benzene rings is 1. The van der Waals surface area contributed by atoms with Crippen molar-refractivity contribution in [1.29, 1.82) is 0 Å². The smallest absolute Gasteiger partial charge is 0.230 e. The van der Waals surface area contributed by atoms with E-state index in [1.54, 1.807) is 0 Å². The Bertz CT molecular complexity index is 529. The van der Waals surface area contributed by atoms with Gasteiger partial charge in [-0.2, -0.15) is 0 Å². The molecule has 1 fully saturated rings. The van der Waals surface area contributed by atoms with Gasteiger partial charge in [0.1, 0.15) is 0 Å². The predicted octanol–water partition coefficient (Wildman–Crippen LogP) is 2.56. The minimum absolute atomic E-state index is 0.0209. The molecule has 1 aromatic rings. The minimum atomic E-state index is 0.0209. The third-order valence-corrected chi connectivity index (χ3v) is 4.46. The summed E-state index contributed by atoms with van der Waals surface area (Å²) in [5.41, 5.74) is 3.34. The van der Waals surface area contributed by atoms with E-state index in [1.165, 1.54) is 11.1 Å². The number of piperidine rings is 1. The first-order valence-electron chi connectivity index (χ1n) is 7.36. The van der Waals surface area contributed by atoms with E-state index in [9.17, 15) is 4.79 Å². The SMILES string of the molecule is O=C(C1CCCc2ccccc21)N1CCC(=NO)CC1. The number of carbonyl (C=O) groups is 1. The molecular formula is C16H20N2O2. The van der Waals surface area contributed by atoms with Crippen LogP contribution in [0, 0.1) is 0 Å². The second-order valence-electron chi connectivity index (χ2n) is 5.64. The summed E-state index contributed by atoms with van der Waals surface area (Å²) in [6, 6.07) is 8.32. The average Bonchev–Trinajstić information content (AvgIpc) is 2.54. The number of oxime groups is 1. The normalized spacial score (nSPS) is 22.3. The Morgan fingerprint density at radius 2 is 1.95 bits per heavy atom. The molecule has 2 aliphatic rings. The van der Waals surface area contributed by atoms with Crippen molar-refractivity contribution < 1.29 is 10.0 Å². The molecule has 0 saturated carbocycles. The number of likely N-dealkylation sites (tertiary alicyclic amines) is 1. The molecule has 1 atom stereocenters. The fourth-order valence-electron chi connectivity index (χ4n) is 3.32. The number of nitrogens with zero attached hydrogens (tertiary/aromatic N) is 2. The summed E-state index contributed by atoms with van der Waals surface area (Å²) in [7, 11) is 0. The fourth-order valence-corrected chi connectivity index (χ4v) is 3.32. The molecule has 0 bridgehead atoms. The summed E-state index contributed by atoms with van der Waals surface area (Å²) in [5, 5.41) is 12.0. The molecule has 20 heavy (non-hydrogen) atoms. The maximum atomic E-state index is 12.7. The highest BCUT2D eigenvalue weighted by atomic mass is 16.4. The second-order valence-corrected chi connectivity index (χ2v) is 5.64. The number of aryl methyl sites for hydroxylation is 1. The summed E-state index contributed by atoms with van der Waals surface area (Å²) in [6.45, 7) is 1.35. The van der Waals surface area contributed by atoms with Crippen molar-refractivity contribution in [2.45, 2.75) is 38.0 Å². The molecule has 1 heterocycles. The van der Waals surface area contributed by atoms with Crippen LogP contribution in [0.2, 0.25) is 0 Å². The van der Waals surface area contributed by atoms with E-state index in [2.05, 4.69) is 23.4 Å². The van der Waals surface area contributed by atoms with E-state index >= 15 is 0 Å². The van der Waals surface area contributed by atoms with Crippen molar-refractivity contribution in [3.05, 3.63) is 35.4 Å². The first kappa shape index (κ1) is 13.2. The van der Waals surface area contributed by atoms with Gasteiger partial charge in [0, 0.05) is 25.9 Å². The van der Waals surface area contributed by atoms with Crippen LogP contribution in [0.4, 0.5) is 0 Å². The Balaban J connectivity index is 1.76. The number of fused-ring (bicyclic) bond motifs is 1. The van der Waals surface area contributed by atoms with Crippen LogP contribution in [0.15, 0.2) is 29.4 Å². The Labute approximate surface area is 119 Å². The highest BCUT2D eigenvalue weighted by molar-refractivity contribution is 5.89. The predicted molar refractivity (Wildman–Crippen MR) is 77.2 cm³/mol. The van der Waals surface area contributed by atoms with Crippen LogP contribution in [-0.4, -0.2) is 34.8 Å². The zero-order chi connectivity index (χ0) is 13.9. The van der Waals surface area contributed by atoms with Crippen molar-refractivity contribution in [1.82, 2.24) is 4.90 Å². The van der Waals surface area contributed by atoms with Crippen LogP contribution in [0.5, 0.6) is 0 Å². The van der Waals surface area contributed by atoms with Crippen molar-refractivity contribution in [2.75, 3.05) is 13.1 Å². The molecule has 1 unspecified atom stereocenters. The lowest BCUT2D eigenvalue weighted by Crippen LogP contribution is -2.42. The second kappa shape index (κ2) is 5.65. The number of hydrogen-bond acceptors (Lipinski definition) is 3. The molecule has 0 spiro atoms. The van der Waals surface area contributed by atoms with Gasteiger partial charge in [0.2, 0.25) is 5.91 Å². The van der Waals surface area contributed by atoms with Gasteiger partial charge < -0.3 is 10.1 Å². The van der Waals surface area contributed by atoms with E-state index < -0.39 is 0 Å².